The van der Waals surface area contributed by atoms with Crippen molar-refractivity contribution in [3.63, 3.8) is 0 Å². The summed E-state index contributed by atoms with van der Waals surface area (Å²) in [4.78, 5) is 15.3. The fourth-order valence-electron chi connectivity index (χ4n) is 19.5. The van der Waals surface area contributed by atoms with Crippen molar-refractivity contribution in [1.29, 1.82) is 0 Å². The number of fused-ring (bicyclic) bond motifs is 7. The number of aliphatic hydroxyl groups is 18. The van der Waals surface area contributed by atoms with Gasteiger partial charge in [-0.15, -0.1) is 0 Å². The van der Waals surface area contributed by atoms with Crippen molar-refractivity contribution in [3.05, 3.63) is 12.2 Å². The summed E-state index contributed by atoms with van der Waals surface area (Å²) in [5.74, 6) is -1.40. The third-order valence-electron chi connectivity index (χ3n) is 25.2. The third kappa shape index (κ3) is 12.6. The van der Waals surface area contributed by atoms with Crippen molar-refractivity contribution < 1.29 is 154 Å². The first kappa shape index (κ1) is 74.2. The standard InChI is InChI=1S/C64H104O31/c1-23(2)26-11-16-64(59(82)95-57-49(80)44(75)39(70)30(90-57)21-84-53-50(81)45(76)51(29(20-66)89-53)93-54-46(77)41(72)36(67)24(3)86-54)18-17-61(6)27(35(26)64)9-10-32-60(5)14-13-34(63(8,83)33(60)12-15-62(32,61)7)92-58-52(94-55-47(78)42(73)37(68)25(4)87-55)40(71)31(22-85-58)91-56-48(79)43(74)38(69)28(19-65)88-56/h24-58,65-81,83H,1,9-22H2,2-8H3. The molecule has 95 heavy (non-hydrogen) atoms. The summed E-state index contributed by atoms with van der Waals surface area (Å²) in [6.07, 6.45) is -42.9. The molecule has 0 bridgehead atoms. The van der Waals surface area contributed by atoms with Crippen molar-refractivity contribution in [3.8, 4) is 0 Å². The monoisotopic (exact) mass is 1370 g/mol. The molecule has 0 radical (unpaired) electrons. The van der Waals surface area contributed by atoms with Crippen LogP contribution in [0.1, 0.15) is 113 Å². The van der Waals surface area contributed by atoms with Gasteiger partial charge in [0.2, 0.25) is 6.29 Å². The maximum atomic E-state index is 15.3. The van der Waals surface area contributed by atoms with Crippen LogP contribution in [0.25, 0.3) is 0 Å². The number of hydrogen-bond donors (Lipinski definition) is 18. The molecule has 5 saturated carbocycles. The summed E-state index contributed by atoms with van der Waals surface area (Å²) in [7, 11) is 0. The van der Waals surface area contributed by atoms with Crippen LogP contribution in [0.3, 0.4) is 0 Å². The Morgan fingerprint density at radius 2 is 1.02 bits per heavy atom. The van der Waals surface area contributed by atoms with Gasteiger partial charge in [-0.3, -0.25) is 4.79 Å². The average Bonchev–Trinajstić information content (AvgIpc) is 1.61. The fourth-order valence-corrected chi connectivity index (χ4v) is 19.5. The number of rotatable bonds is 16. The highest BCUT2D eigenvalue weighted by atomic mass is 16.8. The minimum Gasteiger partial charge on any atom is -0.432 e. The molecule has 5 aliphatic carbocycles. The lowest BCUT2D eigenvalue weighted by molar-refractivity contribution is -0.383. The zero-order valence-electron chi connectivity index (χ0n) is 54.7. The first-order valence-corrected chi connectivity index (χ1v) is 33.8. The molecule has 11 rings (SSSR count). The van der Waals surface area contributed by atoms with Gasteiger partial charge in [-0.1, -0.05) is 32.9 Å². The van der Waals surface area contributed by atoms with Gasteiger partial charge in [-0.2, -0.15) is 0 Å². The van der Waals surface area contributed by atoms with E-state index in [-0.39, 0.29) is 40.4 Å². The van der Waals surface area contributed by atoms with Gasteiger partial charge >= 0.3 is 5.97 Å². The van der Waals surface area contributed by atoms with Gasteiger partial charge in [0.15, 0.2) is 31.5 Å². The van der Waals surface area contributed by atoms with E-state index < -0.39 is 233 Å². The molecule has 6 aliphatic heterocycles. The maximum absolute atomic E-state index is 15.3. The molecular weight excluding hydrogens is 1260 g/mol. The number of carbonyl (C=O) groups is 1. The summed E-state index contributed by atoms with van der Waals surface area (Å²) < 4.78 is 71.4. The van der Waals surface area contributed by atoms with E-state index in [1.165, 1.54) is 13.8 Å². The molecule has 11 fully saturated rings. The summed E-state index contributed by atoms with van der Waals surface area (Å²) >= 11 is 0. The van der Waals surface area contributed by atoms with Gasteiger partial charge in [-0.05, 0) is 138 Å². The Balaban J connectivity index is 0.767. The molecule has 31 heteroatoms. The first-order valence-electron chi connectivity index (χ1n) is 33.8. The molecule has 0 amide bonds. The average molecular weight is 1370 g/mol. The highest BCUT2D eigenvalue weighted by molar-refractivity contribution is 5.78. The Bertz CT molecular complexity index is 2640. The highest BCUT2D eigenvalue weighted by Crippen LogP contribution is 2.77. The predicted octanol–water partition coefficient (Wildman–Crippen LogP) is -5.11. The Morgan fingerprint density at radius 3 is 1.62 bits per heavy atom. The maximum Gasteiger partial charge on any atom is 0.314 e. The topological polar surface area (TPSA) is 492 Å². The normalized spacial score (nSPS) is 56.5. The van der Waals surface area contributed by atoms with Crippen LogP contribution in [-0.2, 0) is 61.6 Å². The van der Waals surface area contributed by atoms with Crippen LogP contribution in [0.4, 0.5) is 0 Å². The summed E-state index contributed by atoms with van der Waals surface area (Å²) in [6, 6.07) is 0. The zero-order chi connectivity index (χ0) is 69.2. The largest absolute Gasteiger partial charge is 0.432 e. The molecule has 0 aromatic heterocycles. The lowest BCUT2D eigenvalue weighted by Gasteiger charge is -2.72. The minimum atomic E-state index is -1.93. The molecule has 0 spiro atoms. The van der Waals surface area contributed by atoms with E-state index in [4.69, 9.17) is 56.8 Å². The van der Waals surface area contributed by atoms with E-state index >= 15 is 4.79 Å². The van der Waals surface area contributed by atoms with E-state index in [0.717, 1.165) is 12.0 Å². The van der Waals surface area contributed by atoms with Crippen LogP contribution in [0, 0.1) is 51.2 Å². The lowest BCUT2D eigenvalue weighted by Crippen LogP contribution is -2.69. The van der Waals surface area contributed by atoms with E-state index in [1.807, 2.05) is 6.92 Å². The van der Waals surface area contributed by atoms with Crippen LogP contribution in [0.15, 0.2) is 12.2 Å². The summed E-state index contributed by atoms with van der Waals surface area (Å²) in [5.41, 5.74) is -2.96. The van der Waals surface area contributed by atoms with Gasteiger partial charge in [0.1, 0.15) is 128 Å². The van der Waals surface area contributed by atoms with Gasteiger partial charge in [0.25, 0.3) is 0 Å². The molecule has 6 saturated heterocycles. The molecule has 0 aromatic carbocycles. The number of hydrogen-bond acceptors (Lipinski definition) is 31. The summed E-state index contributed by atoms with van der Waals surface area (Å²) in [6.45, 7) is 15.2. The Kier molecular flexibility index (Phi) is 21.9. The van der Waals surface area contributed by atoms with Crippen molar-refractivity contribution in [2.24, 2.45) is 51.2 Å². The molecule has 546 valence electrons. The Hall–Kier alpha value is -1.95. The second kappa shape index (κ2) is 28.0. The Morgan fingerprint density at radius 1 is 0.484 bits per heavy atom. The van der Waals surface area contributed by atoms with Gasteiger partial charge in [0, 0.05) is 0 Å². The number of aliphatic hydroxyl groups excluding tert-OH is 17. The zero-order valence-corrected chi connectivity index (χ0v) is 54.7. The first-order chi connectivity index (χ1) is 44.6. The second-order valence-electron chi connectivity index (χ2n) is 30.3. The highest BCUT2D eigenvalue weighted by Gasteiger charge is 2.73. The van der Waals surface area contributed by atoms with E-state index in [2.05, 4.69) is 27.4 Å². The lowest BCUT2D eigenvalue weighted by atomic mass is 9.33. The predicted molar refractivity (Wildman–Crippen MR) is 316 cm³/mol. The van der Waals surface area contributed by atoms with E-state index in [1.54, 1.807) is 6.92 Å². The third-order valence-corrected chi connectivity index (χ3v) is 25.2. The molecule has 11 aliphatic rings. The smallest absolute Gasteiger partial charge is 0.314 e. The number of carbonyl (C=O) groups excluding carboxylic acids is 1. The van der Waals surface area contributed by atoms with E-state index in [0.29, 0.717) is 57.8 Å². The molecule has 18 N–H and O–H groups in total. The van der Waals surface area contributed by atoms with Crippen LogP contribution in [0.2, 0.25) is 0 Å². The molecule has 31 nitrogen and oxygen atoms in total. The van der Waals surface area contributed by atoms with Crippen LogP contribution >= 0.6 is 0 Å². The molecule has 0 aromatic rings. The fraction of sp³-hybridized carbons (Fsp3) is 0.953. The minimum absolute atomic E-state index is 0.0481. The van der Waals surface area contributed by atoms with Crippen molar-refractivity contribution in [2.45, 2.75) is 303 Å². The molecule has 6 heterocycles. The van der Waals surface area contributed by atoms with Crippen LogP contribution in [-0.4, -0.2) is 314 Å². The quantitative estimate of drug-likeness (QED) is 0.0390. The second-order valence-corrected chi connectivity index (χ2v) is 30.3. The molecule has 40 atom stereocenters. The van der Waals surface area contributed by atoms with Crippen molar-refractivity contribution in [1.82, 2.24) is 0 Å². The SMILES string of the molecule is C=C(C)C1CCC2(C(=O)OC3OC(COC4OC(CO)C(OC5OC(C)C(O)C(O)C5O)C(O)C4O)C(O)C(O)C3O)CCC3(C)C(CCC4C5(C)CCC(OC6OCC(OC7OC(CO)C(O)C(O)C7O)C(O)C6OC6OC(C)C(O)C(O)C6O)C(C)(O)C5CCC43C)C12. The van der Waals surface area contributed by atoms with Crippen molar-refractivity contribution in [2.75, 3.05) is 26.4 Å². The van der Waals surface area contributed by atoms with Crippen LogP contribution in [0.5, 0.6) is 0 Å². The molecule has 40 unspecified atom stereocenters. The van der Waals surface area contributed by atoms with Gasteiger partial charge in [-0.25, -0.2) is 0 Å². The van der Waals surface area contributed by atoms with Crippen molar-refractivity contribution >= 4 is 5.97 Å². The van der Waals surface area contributed by atoms with Crippen LogP contribution < -0.4 is 0 Å². The van der Waals surface area contributed by atoms with Gasteiger partial charge in [0.05, 0.1) is 55.8 Å². The molecular formula is C64H104O31. The Labute approximate surface area is 550 Å². The summed E-state index contributed by atoms with van der Waals surface area (Å²) in [5, 5.41) is 197. The number of ether oxygens (including phenoxy) is 12. The number of esters is 1. The van der Waals surface area contributed by atoms with E-state index in [9.17, 15) is 91.9 Å². The van der Waals surface area contributed by atoms with Gasteiger partial charge < -0.3 is 149 Å². The number of allylic oxidation sites excluding steroid dienone is 1.